The predicted molar refractivity (Wildman–Crippen MR) is 221 cm³/mol. The number of ketones is 2. The number of carbonyl (C=O) groups is 2. The van der Waals surface area contributed by atoms with Gasteiger partial charge in [0.05, 0.1) is 19.1 Å². The second-order valence-corrected chi connectivity index (χ2v) is 16.2. The monoisotopic (exact) mass is 828 g/mol. The molecule has 0 spiro atoms. The number of aryl methyl sites for hydroxylation is 1. The van der Waals surface area contributed by atoms with E-state index in [-0.39, 0.29) is 23.4 Å². The largest absolute Gasteiger partial charge is 0.508 e. The minimum Gasteiger partial charge on any atom is -0.508 e. The van der Waals surface area contributed by atoms with Gasteiger partial charge in [-0.1, -0.05) is 61.9 Å². The Labute approximate surface area is 338 Å². The lowest BCUT2D eigenvalue weighted by Crippen LogP contribution is -2.24. The zero-order valence-electron chi connectivity index (χ0n) is 33.8. The molecular weight excluding hydrogens is 773 g/mol. The Kier molecular flexibility index (Phi) is 21.0. The fourth-order valence-electron chi connectivity index (χ4n) is 5.17. The van der Waals surface area contributed by atoms with E-state index >= 15 is 0 Å². The summed E-state index contributed by atoms with van der Waals surface area (Å²) in [5, 5.41) is 9.11. The standard InChI is InChI=1S/C21H26O6S.C12H16O3.C10H14O3S/c1-4-25-21(16(2)22)15-18-7-9-19(10-8-18)26-14-13-17-5-11-20(12-6-17)27-28(3,23)24;1-3-15-12(9(2)13)8-10-4-6-11(14)7-5-10;1-3-4-9-5-7-10(8-6-9)13-14(2,11)12/h5-12,21H,4,13-15H2,1-3H3;4-7,12,14H,3,8H2,1-2H3;5-8H,3-4H2,1-2H3. The molecule has 0 aromatic heterocycles. The van der Waals surface area contributed by atoms with Gasteiger partial charge >= 0.3 is 20.2 Å². The van der Waals surface area contributed by atoms with E-state index in [2.05, 4.69) is 6.92 Å². The zero-order valence-corrected chi connectivity index (χ0v) is 35.4. The van der Waals surface area contributed by atoms with Crippen molar-refractivity contribution in [3.05, 3.63) is 119 Å². The Morgan fingerprint density at radius 1 is 0.544 bits per heavy atom. The summed E-state index contributed by atoms with van der Waals surface area (Å²) < 4.78 is 69.8. The molecule has 1 N–H and O–H groups in total. The molecule has 4 aromatic carbocycles. The number of aromatic hydroxyl groups is 1. The molecule has 0 aliphatic rings. The first-order chi connectivity index (χ1) is 26.9. The van der Waals surface area contributed by atoms with E-state index in [1.54, 1.807) is 48.5 Å². The van der Waals surface area contributed by atoms with Crippen LogP contribution >= 0.6 is 0 Å². The minimum absolute atomic E-state index is 0.0233. The molecule has 4 aromatic rings. The molecule has 0 aliphatic heterocycles. The molecule has 14 heteroatoms. The number of rotatable bonds is 20. The molecule has 0 bridgehead atoms. The molecule has 0 saturated carbocycles. The first-order valence-corrected chi connectivity index (χ1v) is 22.2. The van der Waals surface area contributed by atoms with Crippen molar-refractivity contribution in [1.82, 2.24) is 0 Å². The molecule has 57 heavy (non-hydrogen) atoms. The van der Waals surface area contributed by atoms with Crippen LogP contribution in [-0.2, 0) is 65.0 Å². The Bertz CT molecular complexity index is 1990. The third kappa shape index (κ3) is 21.4. The summed E-state index contributed by atoms with van der Waals surface area (Å²) in [6, 6.07) is 28.4. The van der Waals surface area contributed by atoms with E-state index in [1.807, 2.05) is 62.4 Å². The summed E-state index contributed by atoms with van der Waals surface area (Å²) in [6.07, 6.45) is 5.12. The molecule has 2 unspecified atom stereocenters. The van der Waals surface area contributed by atoms with Crippen molar-refractivity contribution in [3.8, 4) is 23.0 Å². The second-order valence-electron chi connectivity index (χ2n) is 13.0. The van der Waals surface area contributed by atoms with E-state index < -0.39 is 26.3 Å². The first kappa shape index (κ1) is 48.4. The van der Waals surface area contributed by atoms with Crippen LogP contribution in [0.25, 0.3) is 0 Å². The number of ether oxygens (including phenoxy) is 3. The molecule has 312 valence electrons. The normalized spacial score (nSPS) is 12.1. The van der Waals surface area contributed by atoms with Gasteiger partial charge in [0.1, 0.15) is 35.2 Å². The quantitative estimate of drug-likeness (QED) is 0.0900. The van der Waals surface area contributed by atoms with Gasteiger partial charge in [0.2, 0.25) is 0 Å². The second kappa shape index (κ2) is 24.8. The van der Waals surface area contributed by atoms with E-state index in [1.165, 1.54) is 19.4 Å². The number of carbonyl (C=O) groups excluding carboxylic acids is 2. The van der Waals surface area contributed by atoms with Crippen LogP contribution in [0, 0.1) is 0 Å². The maximum absolute atomic E-state index is 11.6. The maximum Gasteiger partial charge on any atom is 0.306 e. The number of phenols is 1. The van der Waals surface area contributed by atoms with Crippen LogP contribution in [0.5, 0.6) is 23.0 Å². The van der Waals surface area contributed by atoms with Crippen LogP contribution in [0.4, 0.5) is 0 Å². The number of benzene rings is 4. The van der Waals surface area contributed by atoms with Crippen molar-refractivity contribution >= 4 is 31.8 Å². The van der Waals surface area contributed by atoms with E-state index in [4.69, 9.17) is 27.7 Å². The van der Waals surface area contributed by atoms with Crippen molar-refractivity contribution in [2.45, 2.75) is 78.9 Å². The Morgan fingerprint density at radius 2 is 0.895 bits per heavy atom. The molecule has 0 fully saturated rings. The van der Waals surface area contributed by atoms with Crippen molar-refractivity contribution in [2.75, 3.05) is 32.3 Å². The van der Waals surface area contributed by atoms with Crippen LogP contribution in [0.3, 0.4) is 0 Å². The smallest absolute Gasteiger partial charge is 0.306 e. The number of hydrogen-bond donors (Lipinski definition) is 1. The maximum atomic E-state index is 11.6. The minimum atomic E-state index is -3.51. The first-order valence-electron chi connectivity index (χ1n) is 18.6. The Hall–Kier alpha value is -4.76. The van der Waals surface area contributed by atoms with Crippen LogP contribution in [0.15, 0.2) is 97.1 Å². The predicted octanol–water partition coefficient (Wildman–Crippen LogP) is 7.09. The molecule has 12 nitrogen and oxygen atoms in total. The highest BCUT2D eigenvalue weighted by Crippen LogP contribution is 2.18. The van der Waals surface area contributed by atoms with Gasteiger partial charge in [0.15, 0.2) is 11.6 Å². The molecule has 2 atom stereocenters. The average molecular weight is 829 g/mol. The molecular formula is C43H56O12S2. The summed E-state index contributed by atoms with van der Waals surface area (Å²) >= 11 is 0. The molecule has 0 saturated heterocycles. The topological polar surface area (TPSA) is 169 Å². The third-order valence-corrected chi connectivity index (χ3v) is 8.87. The highest BCUT2D eigenvalue weighted by molar-refractivity contribution is 7.86. The number of hydrogen-bond acceptors (Lipinski definition) is 12. The van der Waals surface area contributed by atoms with Gasteiger partial charge in [-0.2, -0.15) is 16.8 Å². The Morgan fingerprint density at radius 3 is 1.25 bits per heavy atom. The molecule has 4 rings (SSSR count). The Balaban J connectivity index is 0.000000325. The molecule has 0 aliphatic carbocycles. The highest BCUT2D eigenvalue weighted by atomic mass is 32.2. The lowest BCUT2D eigenvalue weighted by atomic mass is 10.1. The van der Waals surface area contributed by atoms with Crippen molar-refractivity contribution in [2.24, 2.45) is 0 Å². The summed E-state index contributed by atoms with van der Waals surface area (Å²) in [5.41, 5.74) is 4.20. The molecule has 0 amide bonds. The van der Waals surface area contributed by atoms with Gasteiger partial charge in [-0.15, -0.1) is 0 Å². The summed E-state index contributed by atoms with van der Waals surface area (Å²) in [4.78, 5) is 22.8. The average Bonchev–Trinajstić information content (AvgIpc) is 3.14. The highest BCUT2D eigenvalue weighted by Gasteiger charge is 2.16. The lowest BCUT2D eigenvalue weighted by Gasteiger charge is -2.14. The van der Waals surface area contributed by atoms with Gasteiger partial charge in [-0.05, 0) is 105 Å². The summed E-state index contributed by atoms with van der Waals surface area (Å²) in [7, 11) is -6.92. The zero-order chi connectivity index (χ0) is 42.4. The van der Waals surface area contributed by atoms with E-state index in [0.717, 1.165) is 47.8 Å². The molecule has 0 heterocycles. The van der Waals surface area contributed by atoms with Crippen LogP contribution < -0.4 is 13.1 Å². The van der Waals surface area contributed by atoms with Gasteiger partial charge in [0.25, 0.3) is 0 Å². The summed E-state index contributed by atoms with van der Waals surface area (Å²) in [6.45, 7) is 10.4. The SMILES string of the molecule is CCCc1ccc(OS(C)(=O)=O)cc1.CCOC(Cc1ccc(O)cc1)C(C)=O.CCOC(Cc1ccc(OCCc2ccc(OS(C)(=O)=O)cc2)cc1)C(C)=O. The van der Waals surface area contributed by atoms with Crippen LogP contribution in [0.2, 0.25) is 0 Å². The van der Waals surface area contributed by atoms with Crippen LogP contribution in [-0.4, -0.2) is 78.0 Å². The fraction of sp³-hybridized carbons (Fsp3) is 0.395. The van der Waals surface area contributed by atoms with Gasteiger partial charge in [-0.25, -0.2) is 0 Å². The number of Topliss-reactive ketones (excluding diaryl/α,β-unsaturated/α-hetero) is 2. The van der Waals surface area contributed by atoms with Crippen molar-refractivity contribution < 1.29 is 54.1 Å². The van der Waals surface area contributed by atoms with Crippen molar-refractivity contribution in [1.29, 1.82) is 0 Å². The van der Waals surface area contributed by atoms with Crippen LogP contribution in [0.1, 0.15) is 63.3 Å². The summed E-state index contributed by atoms with van der Waals surface area (Å²) in [5.74, 6) is 1.69. The van der Waals surface area contributed by atoms with E-state index in [0.29, 0.717) is 50.6 Å². The van der Waals surface area contributed by atoms with Crippen molar-refractivity contribution in [3.63, 3.8) is 0 Å². The fourth-order valence-corrected chi connectivity index (χ4v) is 6.09. The lowest BCUT2D eigenvalue weighted by molar-refractivity contribution is -0.128. The van der Waals surface area contributed by atoms with E-state index in [9.17, 15) is 26.4 Å². The molecule has 0 radical (unpaired) electrons. The van der Waals surface area contributed by atoms with Gasteiger partial charge in [-0.3, -0.25) is 9.59 Å². The van der Waals surface area contributed by atoms with Gasteiger partial charge in [0, 0.05) is 32.5 Å². The van der Waals surface area contributed by atoms with Gasteiger partial charge < -0.3 is 27.7 Å². The third-order valence-electron chi connectivity index (χ3n) is 7.88. The number of phenolic OH excluding ortho intramolecular Hbond substituents is 1.